The number of piperidine rings is 1. The number of carbonyl (C=O) groups is 1. The van der Waals surface area contributed by atoms with Gasteiger partial charge in [-0.3, -0.25) is 4.79 Å². The predicted octanol–water partition coefficient (Wildman–Crippen LogP) is 2.66. The SMILES string of the molecule is Cc1ccc(OC2(C(=O)N(C)Cc3nc(C(C)C)no3)CCNCC2)cc1. The number of amides is 1. The molecule has 1 aromatic heterocycles. The molecule has 1 aliphatic heterocycles. The first-order valence-corrected chi connectivity index (χ1v) is 9.44. The van der Waals surface area contributed by atoms with Crippen molar-refractivity contribution in [2.45, 2.75) is 51.7 Å². The minimum Gasteiger partial charge on any atom is -0.477 e. The molecule has 0 aliphatic carbocycles. The molecule has 7 heteroatoms. The van der Waals surface area contributed by atoms with E-state index in [-0.39, 0.29) is 18.4 Å². The Hall–Kier alpha value is -2.41. The van der Waals surface area contributed by atoms with Crippen molar-refractivity contribution in [3.63, 3.8) is 0 Å². The highest BCUT2D eigenvalue weighted by atomic mass is 16.5. The second kappa shape index (κ2) is 8.08. The van der Waals surface area contributed by atoms with Gasteiger partial charge >= 0.3 is 0 Å². The van der Waals surface area contributed by atoms with Gasteiger partial charge in [-0.15, -0.1) is 0 Å². The molecule has 27 heavy (non-hydrogen) atoms. The number of benzene rings is 1. The smallest absolute Gasteiger partial charge is 0.267 e. The molecule has 1 N–H and O–H groups in total. The van der Waals surface area contributed by atoms with Gasteiger partial charge in [0.05, 0.1) is 6.54 Å². The standard InChI is InChI=1S/C20H28N4O3/c1-14(2)18-22-17(27-23-18)13-24(4)19(25)20(9-11-21-12-10-20)26-16-7-5-15(3)6-8-16/h5-8,14,21H,9-13H2,1-4H3. The third kappa shape index (κ3) is 4.47. The number of likely N-dealkylation sites (N-methyl/N-ethyl adjacent to an activating group) is 1. The molecule has 3 rings (SSSR count). The fourth-order valence-corrected chi connectivity index (χ4v) is 3.21. The fraction of sp³-hybridized carbons (Fsp3) is 0.550. The van der Waals surface area contributed by atoms with E-state index in [2.05, 4.69) is 15.5 Å². The van der Waals surface area contributed by atoms with Crippen LogP contribution in [0.5, 0.6) is 5.75 Å². The van der Waals surface area contributed by atoms with E-state index in [1.54, 1.807) is 11.9 Å². The van der Waals surface area contributed by atoms with Gasteiger partial charge in [0.25, 0.3) is 5.91 Å². The van der Waals surface area contributed by atoms with Crippen molar-refractivity contribution in [3.8, 4) is 5.75 Å². The molecule has 146 valence electrons. The molecular formula is C20H28N4O3. The molecule has 1 aliphatic rings. The van der Waals surface area contributed by atoms with Crippen LogP contribution in [0, 0.1) is 6.92 Å². The van der Waals surface area contributed by atoms with Crippen LogP contribution in [0.25, 0.3) is 0 Å². The number of nitrogens with one attached hydrogen (secondary N) is 1. The van der Waals surface area contributed by atoms with Crippen molar-refractivity contribution >= 4 is 5.91 Å². The zero-order chi connectivity index (χ0) is 19.4. The quantitative estimate of drug-likeness (QED) is 0.840. The lowest BCUT2D eigenvalue weighted by Gasteiger charge is -2.38. The molecule has 1 saturated heterocycles. The van der Waals surface area contributed by atoms with Crippen LogP contribution in [0.15, 0.2) is 28.8 Å². The highest BCUT2D eigenvalue weighted by Gasteiger charge is 2.44. The van der Waals surface area contributed by atoms with Crippen LogP contribution in [-0.4, -0.2) is 46.7 Å². The summed E-state index contributed by atoms with van der Waals surface area (Å²) in [4.78, 5) is 19.3. The van der Waals surface area contributed by atoms with E-state index in [1.165, 1.54) is 0 Å². The second-order valence-electron chi connectivity index (χ2n) is 7.52. The average molecular weight is 372 g/mol. The van der Waals surface area contributed by atoms with Crippen LogP contribution < -0.4 is 10.1 Å². The Labute approximate surface area is 160 Å². The summed E-state index contributed by atoms with van der Waals surface area (Å²) in [7, 11) is 1.75. The van der Waals surface area contributed by atoms with E-state index < -0.39 is 5.60 Å². The summed E-state index contributed by atoms with van der Waals surface area (Å²) in [6, 6.07) is 7.81. The summed E-state index contributed by atoms with van der Waals surface area (Å²) in [6.45, 7) is 7.78. The summed E-state index contributed by atoms with van der Waals surface area (Å²) >= 11 is 0. The lowest BCUT2D eigenvalue weighted by Crippen LogP contribution is -2.56. The number of nitrogens with zero attached hydrogens (tertiary/aromatic N) is 3. The Morgan fingerprint density at radius 2 is 1.96 bits per heavy atom. The van der Waals surface area contributed by atoms with Crippen molar-refractivity contribution in [1.29, 1.82) is 0 Å². The lowest BCUT2D eigenvalue weighted by molar-refractivity contribution is -0.150. The van der Waals surface area contributed by atoms with Crippen LogP contribution in [-0.2, 0) is 11.3 Å². The van der Waals surface area contributed by atoms with Crippen molar-refractivity contribution in [2.75, 3.05) is 20.1 Å². The van der Waals surface area contributed by atoms with E-state index in [0.29, 0.717) is 30.3 Å². The van der Waals surface area contributed by atoms with Gasteiger partial charge in [0.1, 0.15) is 5.75 Å². The van der Waals surface area contributed by atoms with Gasteiger partial charge in [-0.25, -0.2) is 0 Å². The molecule has 7 nitrogen and oxygen atoms in total. The molecule has 1 amide bonds. The second-order valence-corrected chi connectivity index (χ2v) is 7.52. The van der Waals surface area contributed by atoms with Gasteiger partial charge in [0.15, 0.2) is 11.4 Å². The predicted molar refractivity (Wildman–Crippen MR) is 102 cm³/mol. The Morgan fingerprint density at radius 1 is 1.30 bits per heavy atom. The number of carbonyl (C=O) groups excluding carboxylic acids is 1. The van der Waals surface area contributed by atoms with Crippen LogP contribution in [0.3, 0.4) is 0 Å². The normalized spacial score (nSPS) is 16.3. The van der Waals surface area contributed by atoms with E-state index in [0.717, 1.165) is 18.7 Å². The minimum atomic E-state index is -0.879. The molecule has 0 bridgehead atoms. The number of hydrogen-bond donors (Lipinski definition) is 1. The van der Waals surface area contributed by atoms with Crippen molar-refractivity contribution in [1.82, 2.24) is 20.4 Å². The third-order valence-corrected chi connectivity index (χ3v) is 4.85. The molecule has 1 aromatic carbocycles. The summed E-state index contributed by atoms with van der Waals surface area (Å²) in [6.07, 6.45) is 1.23. The molecule has 2 heterocycles. The first-order chi connectivity index (χ1) is 12.9. The molecule has 0 radical (unpaired) electrons. The summed E-state index contributed by atoms with van der Waals surface area (Å²) in [5.74, 6) is 1.93. The number of rotatable bonds is 6. The number of hydrogen-bond acceptors (Lipinski definition) is 6. The maximum Gasteiger partial charge on any atom is 0.267 e. The Balaban J connectivity index is 1.76. The van der Waals surface area contributed by atoms with E-state index >= 15 is 0 Å². The van der Waals surface area contributed by atoms with Crippen LogP contribution in [0.4, 0.5) is 0 Å². The first kappa shape index (κ1) is 19.4. The van der Waals surface area contributed by atoms with Gasteiger partial charge < -0.3 is 19.5 Å². The van der Waals surface area contributed by atoms with Gasteiger partial charge in [0.2, 0.25) is 5.89 Å². The van der Waals surface area contributed by atoms with Crippen molar-refractivity contribution in [2.24, 2.45) is 0 Å². The van der Waals surface area contributed by atoms with Gasteiger partial charge in [-0.05, 0) is 32.1 Å². The van der Waals surface area contributed by atoms with Crippen LogP contribution in [0.1, 0.15) is 49.9 Å². The van der Waals surface area contributed by atoms with Gasteiger partial charge in [-0.1, -0.05) is 36.7 Å². The van der Waals surface area contributed by atoms with Crippen molar-refractivity contribution < 1.29 is 14.1 Å². The molecular weight excluding hydrogens is 344 g/mol. The highest BCUT2D eigenvalue weighted by molar-refractivity contribution is 5.85. The fourth-order valence-electron chi connectivity index (χ4n) is 3.21. The van der Waals surface area contributed by atoms with Crippen LogP contribution in [0.2, 0.25) is 0 Å². The van der Waals surface area contributed by atoms with E-state index in [9.17, 15) is 4.79 Å². The maximum atomic E-state index is 13.3. The molecule has 0 unspecified atom stereocenters. The lowest BCUT2D eigenvalue weighted by atomic mass is 9.90. The highest BCUT2D eigenvalue weighted by Crippen LogP contribution is 2.29. The number of aryl methyl sites for hydroxylation is 1. The Morgan fingerprint density at radius 3 is 2.56 bits per heavy atom. The summed E-state index contributed by atoms with van der Waals surface area (Å²) in [5, 5.41) is 7.27. The average Bonchev–Trinajstić information content (AvgIpc) is 3.12. The third-order valence-electron chi connectivity index (χ3n) is 4.85. The zero-order valence-corrected chi connectivity index (χ0v) is 16.5. The van der Waals surface area contributed by atoms with Crippen molar-refractivity contribution in [3.05, 3.63) is 41.5 Å². The minimum absolute atomic E-state index is 0.0612. The van der Waals surface area contributed by atoms with Gasteiger partial charge in [-0.2, -0.15) is 4.98 Å². The molecule has 0 atom stereocenters. The Kier molecular flexibility index (Phi) is 5.79. The summed E-state index contributed by atoms with van der Waals surface area (Å²) in [5.41, 5.74) is 0.276. The topological polar surface area (TPSA) is 80.5 Å². The number of ether oxygens (including phenoxy) is 1. The molecule has 2 aromatic rings. The maximum absolute atomic E-state index is 13.3. The largest absolute Gasteiger partial charge is 0.477 e. The van der Waals surface area contributed by atoms with E-state index in [4.69, 9.17) is 9.26 Å². The zero-order valence-electron chi connectivity index (χ0n) is 16.5. The van der Waals surface area contributed by atoms with E-state index in [1.807, 2.05) is 45.0 Å². The summed E-state index contributed by atoms with van der Waals surface area (Å²) < 4.78 is 11.6. The van der Waals surface area contributed by atoms with Gasteiger partial charge in [0, 0.05) is 25.8 Å². The number of aromatic nitrogens is 2. The molecule has 0 saturated carbocycles. The monoisotopic (exact) mass is 372 g/mol. The molecule has 1 fully saturated rings. The first-order valence-electron chi connectivity index (χ1n) is 9.44. The van der Waals surface area contributed by atoms with Crippen LogP contribution >= 0.6 is 0 Å². The Bertz CT molecular complexity index is 764. The molecule has 0 spiro atoms.